The lowest BCUT2D eigenvalue weighted by Gasteiger charge is -2.06. The molecule has 8 heteroatoms. The lowest BCUT2D eigenvalue weighted by molar-refractivity contribution is 0.552. The second-order valence-corrected chi connectivity index (χ2v) is 5.60. The fourth-order valence-corrected chi connectivity index (χ4v) is 2.52. The zero-order chi connectivity index (χ0) is 19.2. The Bertz CT molecular complexity index is 1250. The van der Waals surface area contributed by atoms with Gasteiger partial charge in [0.25, 0.3) is 0 Å². The van der Waals surface area contributed by atoms with Crippen molar-refractivity contribution in [3.8, 4) is 17.5 Å². The molecule has 0 aliphatic carbocycles. The minimum Gasteiger partial charge on any atom is -0.471 e. The highest BCUT2D eigenvalue weighted by Crippen LogP contribution is 2.27. The molecule has 0 N–H and O–H groups in total. The van der Waals surface area contributed by atoms with Crippen LogP contribution in [0.15, 0.2) is 83.5 Å². The van der Waals surface area contributed by atoms with Crippen LogP contribution >= 0.6 is 0 Å². The van der Waals surface area contributed by atoms with Crippen LogP contribution in [0.3, 0.4) is 0 Å². The fraction of sp³-hybridized carbons (Fsp3) is 0. The van der Waals surface area contributed by atoms with Gasteiger partial charge in [-0.05, 0) is 24.3 Å². The number of aliphatic imine (C=N–C) groups is 1. The number of fused-ring (bicyclic) bond motifs is 1. The average molecular weight is 367 g/mol. The highest BCUT2D eigenvalue weighted by Gasteiger charge is 2.16. The van der Waals surface area contributed by atoms with E-state index in [9.17, 15) is 5.26 Å². The molecule has 3 aliphatic heterocycles. The number of hydrogen-bond donors (Lipinski definition) is 0. The Balaban J connectivity index is 2.09. The minimum absolute atomic E-state index is 0.335. The van der Waals surface area contributed by atoms with E-state index < -0.39 is 0 Å². The summed E-state index contributed by atoms with van der Waals surface area (Å²) in [7, 11) is 0. The van der Waals surface area contributed by atoms with Crippen molar-refractivity contribution < 1.29 is 4.42 Å². The van der Waals surface area contributed by atoms with Gasteiger partial charge in [-0.3, -0.25) is 14.4 Å². The zero-order valence-electron chi connectivity index (χ0n) is 14.5. The highest BCUT2D eigenvalue weighted by molar-refractivity contribution is 5.96. The lowest BCUT2D eigenvalue weighted by atomic mass is 10.2. The molecule has 8 nitrogen and oxygen atoms in total. The molecule has 0 radical (unpaired) electrons. The van der Waals surface area contributed by atoms with E-state index in [0.29, 0.717) is 22.7 Å². The third-order valence-corrected chi connectivity index (χ3v) is 3.78. The van der Waals surface area contributed by atoms with Crippen molar-refractivity contribution in [3.63, 3.8) is 0 Å². The summed E-state index contributed by atoms with van der Waals surface area (Å²) in [5.41, 5.74) is 3.21. The van der Waals surface area contributed by atoms with Gasteiger partial charge in [0.05, 0.1) is 23.1 Å². The molecule has 1 aromatic heterocycles. The van der Waals surface area contributed by atoms with Crippen LogP contribution in [0.25, 0.3) is 17.0 Å². The number of nitriles is 1. The molecule has 0 atom stereocenters. The smallest absolute Gasteiger partial charge is 0.165 e. The van der Waals surface area contributed by atoms with Gasteiger partial charge in [-0.1, -0.05) is 0 Å². The van der Waals surface area contributed by atoms with Crippen LogP contribution in [0.4, 0.5) is 5.69 Å². The zero-order valence-corrected chi connectivity index (χ0v) is 14.5. The number of aromatic nitrogens is 5. The van der Waals surface area contributed by atoms with Crippen molar-refractivity contribution in [1.29, 1.82) is 5.26 Å². The van der Waals surface area contributed by atoms with Crippen molar-refractivity contribution >= 4 is 17.5 Å². The molecule has 0 unspecified atom stereocenters. The van der Waals surface area contributed by atoms with Crippen LogP contribution in [-0.4, -0.2) is 30.6 Å². The van der Waals surface area contributed by atoms with E-state index in [0.717, 1.165) is 11.1 Å². The molecule has 28 heavy (non-hydrogen) atoms. The van der Waals surface area contributed by atoms with E-state index in [2.05, 4.69) is 31.0 Å². The molecule has 0 aromatic carbocycles. The van der Waals surface area contributed by atoms with Crippen molar-refractivity contribution in [1.82, 2.24) is 24.3 Å². The standard InChI is InChI=1S/C20H13N7O/c21-9-15-3-4-17-12-27-14-26-19-18(16(10-24-17)11-25-19)20(27)23-7-6-22-5-1-2-8-28-13-15/h1-8,10-14H. The second-order valence-electron chi connectivity index (χ2n) is 5.60. The first-order valence-corrected chi connectivity index (χ1v) is 8.28. The summed E-state index contributed by atoms with van der Waals surface area (Å²) in [6.45, 7) is 0. The molecular formula is C20H13N7O. The Kier molecular flexibility index (Phi) is 4.80. The molecular weight excluding hydrogens is 354 g/mol. The Morgan fingerprint density at radius 1 is 1.04 bits per heavy atom. The molecule has 0 saturated carbocycles. The molecule has 0 saturated heterocycles. The minimum atomic E-state index is 0.335. The molecule has 0 spiro atoms. The predicted molar refractivity (Wildman–Crippen MR) is 102 cm³/mol. The SMILES string of the molecule is N#Cc1ccc2cn3cnc4ncc(c-4c3nccnccccoc1)C=N2. The van der Waals surface area contributed by atoms with Crippen molar-refractivity contribution in [2.24, 2.45) is 4.99 Å². The van der Waals surface area contributed by atoms with E-state index in [-0.39, 0.29) is 0 Å². The van der Waals surface area contributed by atoms with Crippen LogP contribution in [0.2, 0.25) is 0 Å². The summed E-state index contributed by atoms with van der Waals surface area (Å²) in [5.74, 6) is 0.594. The van der Waals surface area contributed by atoms with Crippen molar-refractivity contribution in [3.05, 3.63) is 85.2 Å². The van der Waals surface area contributed by atoms with Gasteiger partial charge in [-0.2, -0.15) is 5.26 Å². The van der Waals surface area contributed by atoms with Gasteiger partial charge < -0.3 is 4.42 Å². The van der Waals surface area contributed by atoms with Gasteiger partial charge >= 0.3 is 0 Å². The number of rotatable bonds is 0. The summed E-state index contributed by atoms with van der Waals surface area (Å²) in [6, 6.07) is 8.76. The highest BCUT2D eigenvalue weighted by atomic mass is 16.3. The maximum Gasteiger partial charge on any atom is 0.165 e. The summed E-state index contributed by atoms with van der Waals surface area (Å²) in [4.78, 5) is 21.8. The van der Waals surface area contributed by atoms with Gasteiger partial charge in [-0.25, -0.2) is 15.0 Å². The van der Waals surface area contributed by atoms with Crippen LogP contribution < -0.4 is 0 Å². The van der Waals surface area contributed by atoms with Crippen LogP contribution in [0.1, 0.15) is 11.1 Å². The van der Waals surface area contributed by atoms with Crippen LogP contribution in [0.5, 0.6) is 0 Å². The molecule has 4 heterocycles. The average Bonchev–Trinajstić information content (AvgIpc) is 3.10. The van der Waals surface area contributed by atoms with E-state index in [1.807, 2.05) is 0 Å². The molecule has 3 aliphatic rings. The Labute approximate surface area is 159 Å². The largest absolute Gasteiger partial charge is 0.471 e. The van der Waals surface area contributed by atoms with Gasteiger partial charge in [0.1, 0.15) is 24.3 Å². The first-order valence-electron chi connectivity index (χ1n) is 8.28. The summed E-state index contributed by atoms with van der Waals surface area (Å²) >= 11 is 0. The van der Waals surface area contributed by atoms with E-state index >= 15 is 0 Å². The van der Waals surface area contributed by atoms with Gasteiger partial charge in [0.15, 0.2) is 5.82 Å². The summed E-state index contributed by atoms with van der Waals surface area (Å²) in [5, 5.41) is 9.27. The first-order chi connectivity index (χ1) is 13.8. The molecule has 4 bridgehead atoms. The Morgan fingerprint density at radius 2 is 2.00 bits per heavy atom. The maximum atomic E-state index is 9.27. The summed E-state index contributed by atoms with van der Waals surface area (Å²) < 4.78 is 6.98. The maximum absolute atomic E-state index is 9.27. The Hall–Kier alpha value is -4.38. The van der Waals surface area contributed by atoms with Crippen LogP contribution in [0, 0.1) is 11.3 Å². The van der Waals surface area contributed by atoms with E-state index in [4.69, 9.17) is 4.42 Å². The molecule has 4 rings (SSSR count). The molecule has 1 aromatic rings. The van der Waals surface area contributed by atoms with Crippen molar-refractivity contribution in [2.75, 3.05) is 0 Å². The third-order valence-electron chi connectivity index (χ3n) is 3.78. The van der Waals surface area contributed by atoms with Crippen molar-refractivity contribution in [2.45, 2.75) is 0 Å². The van der Waals surface area contributed by atoms with Gasteiger partial charge in [-0.15, -0.1) is 0 Å². The summed E-state index contributed by atoms with van der Waals surface area (Å²) in [6.07, 6.45) is 14.4. The van der Waals surface area contributed by atoms with E-state index in [1.54, 1.807) is 72.2 Å². The topological polar surface area (TPSA) is 105 Å². The molecule has 134 valence electrons. The fourth-order valence-electron chi connectivity index (χ4n) is 2.52. The van der Waals surface area contributed by atoms with Gasteiger partial charge in [0, 0.05) is 42.8 Å². The quantitative estimate of drug-likeness (QED) is 0.471. The number of hydrogen-bond acceptors (Lipinski definition) is 7. The number of nitrogens with zero attached hydrogens (tertiary/aromatic N) is 7. The van der Waals surface area contributed by atoms with Gasteiger partial charge in [0.2, 0.25) is 0 Å². The first kappa shape index (κ1) is 17.1. The third kappa shape index (κ3) is 3.59. The second kappa shape index (κ2) is 7.88. The molecule has 0 fully saturated rings. The van der Waals surface area contributed by atoms with Crippen LogP contribution in [-0.2, 0) is 0 Å². The normalized spacial score (nSPS) is 10.7. The lowest BCUT2D eigenvalue weighted by Crippen LogP contribution is -1.98. The predicted octanol–water partition coefficient (Wildman–Crippen LogP) is 3.53. The van der Waals surface area contributed by atoms with E-state index in [1.165, 1.54) is 12.5 Å². The molecule has 0 amide bonds. The monoisotopic (exact) mass is 367 g/mol. The Morgan fingerprint density at radius 3 is 2.93 bits per heavy atom.